The molecule has 2 heterocycles. The van der Waals surface area contributed by atoms with E-state index in [2.05, 4.69) is 39.8 Å². The van der Waals surface area contributed by atoms with Crippen LogP contribution in [0.2, 0.25) is 0 Å². The standard InChI is InChI=1S/C18H19N3/c1-2-4-14(5-3-1)18-12-16-15(6-7-17(16)20-21-18)13-8-10-19-11-9-13/h1-6,12-13,19H,7-11H2. The third kappa shape index (κ3) is 2.38. The number of nitrogens with zero attached hydrogens (tertiary/aromatic N) is 2. The van der Waals surface area contributed by atoms with Gasteiger partial charge < -0.3 is 5.32 Å². The molecule has 1 aromatic heterocycles. The molecule has 0 spiro atoms. The summed E-state index contributed by atoms with van der Waals surface area (Å²) in [5, 5.41) is 12.3. The normalized spacial score (nSPS) is 18.4. The largest absolute Gasteiger partial charge is 0.317 e. The van der Waals surface area contributed by atoms with Crippen LogP contribution in [-0.4, -0.2) is 23.3 Å². The summed E-state index contributed by atoms with van der Waals surface area (Å²) in [5.74, 6) is 0.681. The molecule has 3 heteroatoms. The minimum atomic E-state index is 0.681. The fraction of sp³-hybridized carbons (Fsp3) is 0.333. The van der Waals surface area contributed by atoms with Crippen molar-refractivity contribution in [3.63, 3.8) is 0 Å². The Hall–Kier alpha value is -2.00. The molecule has 21 heavy (non-hydrogen) atoms. The smallest absolute Gasteiger partial charge is 0.0935 e. The molecule has 4 rings (SSSR count). The highest BCUT2D eigenvalue weighted by Gasteiger charge is 2.25. The summed E-state index contributed by atoms with van der Waals surface area (Å²) in [5.41, 5.74) is 6.10. The number of rotatable bonds is 2. The Labute approximate surface area is 125 Å². The van der Waals surface area contributed by atoms with E-state index in [9.17, 15) is 0 Å². The van der Waals surface area contributed by atoms with Gasteiger partial charge in [-0.3, -0.25) is 0 Å². The van der Waals surface area contributed by atoms with E-state index in [0.717, 1.165) is 36.5 Å². The van der Waals surface area contributed by atoms with E-state index in [1.807, 2.05) is 18.2 Å². The first kappa shape index (κ1) is 12.7. The van der Waals surface area contributed by atoms with E-state index in [-0.39, 0.29) is 0 Å². The van der Waals surface area contributed by atoms with Gasteiger partial charge in [-0.15, -0.1) is 0 Å². The Morgan fingerprint density at radius 3 is 2.62 bits per heavy atom. The zero-order valence-corrected chi connectivity index (χ0v) is 12.0. The molecule has 0 unspecified atom stereocenters. The van der Waals surface area contributed by atoms with Crippen molar-refractivity contribution >= 4 is 5.57 Å². The van der Waals surface area contributed by atoms with E-state index >= 15 is 0 Å². The minimum Gasteiger partial charge on any atom is -0.317 e. The second-order valence-corrected chi connectivity index (χ2v) is 5.84. The van der Waals surface area contributed by atoms with Gasteiger partial charge in [0.25, 0.3) is 0 Å². The third-order valence-electron chi connectivity index (χ3n) is 4.55. The van der Waals surface area contributed by atoms with E-state index < -0.39 is 0 Å². The third-order valence-corrected chi connectivity index (χ3v) is 4.55. The molecule has 2 aromatic rings. The van der Waals surface area contributed by atoms with Gasteiger partial charge >= 0.3 is 0 Å². The first-order chi connectivity index (χ1) is 10.4. The first-order valence-corrected chi connectivity index (χ1v) is 7.75. The van der Waals surface area contributed by atoms with Crippen molar-refractivity contribution in [2.24, 2.45) is 5.92 Å². The molecule has 0 bridgehead atoms. The lowest BCUT2D eigenvalue weighted by molar-refractivity contribution is 0.447. The van der Waals surface area contributed by atoms with E-state index in [0.29, 0.717) is 5.92 Å². The molecule has 3 nitrogen and oxygen atoms in total. The fourth-order valence-corrected chi connectivity index (χ4v) is 3.40. The van der Waals surface area contributed by atoms with Crippen LogP contribution in [0.15, 0.2) is 42.5 Å². The van der Waals surface area contributed by atoms with E-state index in [1.54, 1.807) is 0 Å². The maximum atomic E-state index is 4.46. The highest BCUT2D eigenvalue weighted by Crippen LogP contribution is 2.37. The zero-order chi connectivity index (χ0) is 14.1. The summed E-state index contributed by atoms with van der Waals surface area (Å²) in [6.07, 6.45) is 5.77. The highest BCUT2D eigenvalue weighted by molar-refractivity contribution is 5.76. The van der Waals surface area contributed by atoms with Crippen molar-refractivity contribution < 1.29 is 0 Å². The minimum absolute atomic E-state index is 0.681. The maximum absolute atomic E-state index is 4.46. The number of fused-ring (bicyclic) bond motifs is 1. The Balaban J connectivity index is 1.70. The number of aromatic nitrogens is 2. The molecule has 1 saturated heterocycles. The highest BCUT2D eigenvalue weighted by atomic mass is 15.1. The van der Waals surface area contributed by atoms with Crippen LogP contribution in [0, 0.1) is 5.92 Å². The second-order valence-electron chi connectivity index (χ2n) is 5.84. The number of allylic oxidation sites excluding steroid dienone is 2. The van der Waals surface area contributed by atoms with Crippen LogP contribution >= 0.6 is 0 Å². The maximum Gasteiger partial charge on any atom is 0.0935 e. The lowest BCUT2D eigenvalue weighted by Gasteiger charge is -2.24. The van der Waals surface area contributed by atoms with Crippen molar-refractivity contribution in [3.8, 4) is 11.3 Å². The topological polar surface area (TPSA) is 37.8 Å². The molecule has 1 N–H and O–H groups in total. The Kier molecular flexibility index (Phi) is 3.28. The Bertz CT molecular complexity index is 670. The lowest BCUT2D eigenvalue weighted by Crippen LogP contribution is -2.28. The van der Waals surface area contributed by atoms with Gasteiger partial charge in [0.15, 0.2) is 0 Å². The molecule has 0 amide bonds. The number of hydrogen-bond donors (Lipinski definition) is 1. The SMILES string of the molecule is C1=C(C2CCNCC2)c2cc(-c3ccccc3)nnc2C1. The molecular formula is C18H19N3. The number of hydrogen-bond acceptors (Lipinski definition) is 3. The Morgan fingerprint density at radius 2 is 1.81 bits per heavy atom. The predicted molar refractivity (Wildman–Crippen MR) is 84.7 cm³/mol. The molecule has 2 aliphatic rings. The van der Waals surface area contributed by atoms with Crippen LogP contribution < -0.4 is 5.32 Å². The van der Waals surface area contributed by atoms with Crippen molar-refractivity contribution in [1.29, 1.82) is 0 Å². The van der Waals surface area contributed by atoms with Gasteiger partial charge in [-0.25, -0.2) is 0 Å². The number of piperidine rings is 1. The second kappa shape index (κ2) is 5.41. The van der Waals surface area contributed by atoms with Gasteiger partial charge in [0.1, 0.15) is 0 Å². The molecule has 0 atom stereocenters. The van der Waals surface area contributed by atoms with E-state index in [4.69, 9.17) is 0 Å². The quantitative estimate of drug-likeness (QED) is 0.916. The summed E-state index contributed by atoms with van der Waals surface area (Å²) in [4.78, 5) is 0. The summed E-state index contributed by atoms with van der Waals surface area (Å²) >= 11 is 0. The summed E-state index contributed by atoms with van der Waals surface area (Å²) < 4.78 is 0. The van der Waals surface area contributed by atoms with Crippen LogP contribution in [0.25, 0.3) is 16.8 Å². The average Bonchev–Trinajstić information content (AvgIpc) is 2.99. The number of nitrogens with one attached hydrogen (secondary N) is 1. The van der Waals surface area contributed by atoms with Crippen LogP contribution in [0.3, 0.4) is 0 Å². The monoisotopic (exact) mass is 277 g/mol. The Morgan fingerprint density at radius 1 is 1.00 bits per heavy atom. The summed E-state index contributed by atoms with van der Waals surface area (Å²) in [6, 6.07) is 12.6. The van der Waals surface area contributed by atoms with Gasteiger partial charge in [0.2, 0.25) is 0 Å². The van der Waals surface area contributed by atoms with Crippen LogP contribution in [0.4, 0.5) is 0 Å². The lowest BCUT2D eigenvalue weighted by atomic mass is 9.87. The van der Waals surface area contributed by atoms with Crippen LogP contribution in [0.1, 0.15) is 24.1 Å². The van der Waals surface area contributed by atoms with Crippen molar-refractivity contribution in [1.82, 2.24) is 15.5 Å². The van der Waals surface area contributed by atoms with Gasteiger partial charge in [-0.1, -0.05) is 36.4 Å². The van der Waals surface area contributed by atoms with E-state index in [1.165, 1.54) is 24.0 Å². The van der Waals surface area contributed by atoms with Gasteiger partial charge in [-0.2, -0.15) is 10.2 Å². The van der Waals surface area contributed by atoms with Gasteiger partial charge in [0.05, 0.1) is 11.4 Å². The van der Waals surface area contributed by atoms with Crippen molar-refractivity contribution in [2.75, 3.05) is 13.1 Å². The molecule has 106 valence electrons. The average molecular weight is 277 g/mol. The predicted octanol–water partition coefficient (Wildman–Crippen LogP) is 3.08. The fourth-order valence-electron chi connectivity index (χ4n) is 3.40. The molecule has 0 radical (unpaired) electrons. The summed E-state index contributed by atoms with van der Waals surface area (Å²) in [7, 11) is 0. The molecule has 1 aromatic carbocycles. The van der Waals surface area contributed by atoms with Gasteiger partial charge in [-0.05, 0) is 43.5 Å². The number of benzene rings is 1. The first-order valence-electron chi connectivity index (χ1n) is 7.75. The molecular weight excluding hydrogens is 258 g/mol. The molecule has 1 fully saturated rings. The van der Waals surface area contributed by atoms with Crippen LogP contribution in [-0.2, 0) is 6.42 Å². The molecule has 1 aliphatic heterocycles. The van der Waals surface area contributed by atoms with Crippen molar-refractivity contribution in [3.05, 3.63) is 53.7 Å². The molecule has 1 aliphatic carbocycles. The summed E-state index contributed by atoms with van der Waals surface area (Å²) in [6.45, 7) is 2.25. The zero-order valence-electron chi connectivity index (χ0n) is 12.0. The van der Waals surface area contributed by atoms with Gasteiger partial charge in [0, 0.05) is 17.5 Å². The van der Waals surface area contributed by atoms with Crippen molar-refractivity contribution in [2.45, 2.75) is 19.3 Å². The van der Waals surface area contributed by atoms with Crippen LogP contribution in [0.5, 0.6) is 0 Å². The molecule has 0 saturated carbocycles.